The van der Waals surface area contributed by atoms with E-state index in [1.807, 2.05) is 17.5 Å². The number of thiophene rings is 1. The summed E-state index contributed by atoms with van der Waals surface area (Å²) >= 11 is 1.53. The Morgan fingerprint density at radius 3 is 2.55 bits per heavy atom. The summed E-state index contributed by atoms with van der Waals surface area (Å²) in [5.41, 5.74) is 2.68. The van der Waals surface area contributed by atoms with Gasteiger partial charge in [-0.15, -0.1) is 11.3 Å². The highest BCUT2D eigenvalue weighted by Gasteiger charge is 2.20. The molecule has 11 heteroatoms. The van der Waals surface area contributed by atoms with Crippen molar-refractivity contribution in [2.75, 3.05) is 26.6 Å². The minimum absolute atomic E-state index is 0.169. The Morgan fingerprint density at radius 1 is 1.11 bits per heavy atom. The van der Waals surface area contributed by atoms with E-state index in [0.29, 0.717) is 40.7 Å². The number of H-pyrrole nitrogens is 1. The average molecular weight is 534 g/mol. The Hall–Kier alpha value is -4.38. The van der Waals surface area contributed by atoms with Crippen LogP contribution in [0.1, 0.15) is 29.7 Å². The van der Waals surface area contributed by atoms with Crippen molar-refractivity contribution < 1.29 is 19.0 Å². The molecule has 3 aromatic heterocycles. The van der Waals surface area contributed by atoms with Crippen LogP contribution >= 0.6 is 11.3 Å². The lowest BCUT2D eigenvalue weighted by atomic mass is 9.97. The molecular formula is C27H27N5O5S. The third-order valence-electron chi connectivity index (χ3n) is 6.23. The summed E-state index contributed by atoms with van der Waals surface area (Å²) in [7, 11) is 4.59. The van der Waals surface area contributed by atoms with Crippen molar-refractivity contribution in [1.82, 2.24) is 19.7 Å². The maximum atomic E-state index is 13.0. The Bertz CT molecular complexity index is 1530. The number of benzene rings is 1. The van der Waals surface area contributed by atoms with Crippen LogP contribution in [-0.2, 0) is 17.6 Å². The summed E-state index contributed by atoms with van der Waals surface area (Å²) in [6.07, 6.45) is 6.45. The number of nitrogens with zero attached hydrogens (tertiary/aromatic N) is 3. The number of aromatic amines is 1. The van der Waals surface area contributed by atoms with Gasteiger partial charge in [0.05, 0.1) is 31.9 Å². The van der Waals surface area contributed by atoms with Crippen molar-refractivity contribution in [1.29, 1.82) is 0 Å². The summed E-state index contributed by atoms with van der Waals surface area (Å²) in [5, 5.41) is 9.48. The second-order valence-corrected chi connectivity index (χ2v) is 9.55. The zero-order valence-electron chi connectivity index (χ0n) is 21.2. The second kappa shape index (κ2) is 10.9. The summed E-state index contributed by atoms with van der Waals surface area (Å²) in [5.74, 6) is 1.68. The molecule has 2 N–H and O–H groups in total. The van der Waals surface area contributed by atoms with Gasteiger partial charge in [-0.1, -0.05) is 6.07 Å². The number of carbonyl (C=O) groups excluding carboxylic acids is 1. The van der Waals surface area contributed by atoms with Crippen molar-refractivity contribution in [3.8, 4) is 33.8 Å². The maximum Gasteiger partial charge on any atom is 0.255 e. The molecule has 10 nitrogen and oxygen atoms in total. The Morgan fingerprint density at radius 2 is 1.87 bits per heavy atom. The molecule has 38 heavy (non-hydrogen) atoms. The average Bonchev–Trinajstić information content (AvgIpc) is 3.62. The van der Waals surface area contributed by atoms with Crippen LogP contribution in [0.3, 0.4) is 0 Å². The van der Waals surface area contributed by atoms with E-state index >= 15 is 0 Å². The molecule has 0 unspecified atom stereocenters. The number of hydrogen-bond donors (Lipinski definition) is 2. The zero-order chi connectivity index (χ0) is 26.6. The summed E-state index contributed by atoms with van der Waals surface area (Å²) in [4.78, 5) is 34.2. The number of fused-ring (bicyclic) bond motifs is 1. The topological polar surface area (TPSA) is 120 Å². The standard InChI is InChI=1S/C27H27N5O5S/c1-35-20-13-16(14-21(36-2)25(20)37-3)10-11-24(33)29-23-15-19(22-9-6-12-38-22)31-32(23)27-28-18-8-5-4-7-17(18)26(34)30-27/h6,9-15H,4-5,7-8H2,1-3H3,(H,29,33)(H,28,30,34)/b11-10-. The van der Waals surface area contributed by atoms with Gasteiger partial charge in [-0.25, -0.2) is 4.98 Å². The molecule has 196 valence electrons. The third-order valence-corrected chi connectivity index (χ3v) is 7.12. The molecule has 1 aliphatic rings. The van der Waals surface area contributed by atoms with E-state index in [2.05, 4.69) is 15.4 Å². The molecule has 0 aliphatic heterocycles. The van der Waals surface area contributed by atoms with Gasteiger partial charge in [-0.05, 0) is 60.9 Å². The summed E-state index contributed by atoms with van der Waals surface area (Å²) < 4.78 is 17.6. The van der Waals surface area contributed by atoms with Crippen LogP contribution in [0.2, 0.25) is 0 Å². The minimum Gasteiger partial charge on any atom is -0.493 e. The van der Waals surface area contributed by atoms with Crippen LogP contribution in [0.15, 0.2) is 46.6 Å². The molecule has 4 aromatic rings. The smallest absolute Gasteiger partial charge is 0.255 e. The van der Waals surface area contributed by atoms with Gasteiger partial charge in [0, 0.05) is 17.7 Å². The highest BCUT2D eigenvalue weighted by Crippen LogP contribution is 2.38. The van der Waals surface area contributed by atoms with Crippen LogP contribution < -0.4 is 25.1 Å². The number of methoxy groups -OCH3 is 3. The minimum atomic E-state index is -0.391. The van der Waals surface area contributed by atoms with Crippen molar-refractivity contribution in [3.05, 3.63) is 69.0 Å². The van der Waals surface area contributed by atoms with Crippen LogP contribution in [0.25, 0.3) is 22.6 Å². The number of ether oxygens (including phenoxy) is 3. The normalized spacial score (nSPS) is 12.8. The molecule has 0 radical (unpaired) electrons. The van der Waals surface area contributed by atoms with Crippen molar-refractivity contribution >= 4 is 29.1 Å². The molecule has 1 amide bonds. The van der Waals surface area contributed by atoms with E-state index in [9.17, 15) is 9.59 Å². The Kier molecular flexibility index (Phi) is 7.27. The van der Waals surface area contributed by atoms with Gasteiger partial charge in [0.2, 0.25) is 17.6 Å². The lowest BCUT2D eigenvalue weighted by Gasteiger charge is -2.15. The number of aromatic nitrogens is 4. The predicted molar refractivity (Wildman–Crippen MR) is 146 cm³/mol. The van der Waals surface area contributed by atoms with E-state index in [-0.39, 0.29) is 11.5 Å². The highest BCUT2D eigenvalue weighted by atomic mass is 32.1. The quantitative estimate of drug-likeness (QED) is 0.325. The fraction of sp³-hybridized carbons (Fsp3) is 0.259. The fourth-order valence-electron chi connectivity index (χ4n) is 4.40. The van der Waals surface area contributed by atoms with E-state index in [0.717, 1.165) is 35.4 Å². The van der Waals surface area contributed by atoms with Crippen molar-refractivity contribution in [3.63, 3.8) is 0 Å². The first-order valence-electron chi connectivity index (χ1n) is 12.1. The van der Waals surface area contributed by atoms with Crippen LogP contribution in [0.4, 0.5) is 5.82 Å². The molecule has 0 saturated heterocycles. The Balaban J connectivity index is 1.47. The van der Waals surface area contributed by atoms with Gasteiger partial charge >= 0.3 is 0 Å². The summed E-state index contributed by atoms with van der Waals surface area (Å²) in [6.45, 7) is 0. The van der Waals surface area contributed by atoms with Gasteiger partial charge in [0.1, 0.15) is 11.5 Å². The predicted octanol–water partition coefficient (Wildman–Crippen LogP) is 4.24. The number of carbonyl (C=O) groups is 1. The van der Waals surface area contributed by atoms with E-state index < -0.39 is 5.91 Å². The molecule has 0 spiro atoms. The maximum absolute atomic E-state index is 13.0. The first-order chi connectivity index (χ1) is 18.5. The molecular weight excluding hydrogens is 506 g/mol. The van der Waals surface area contributed by atoms with Crippen molar-refractivity contribution in [2.45, 2.75) is 25.7 Å². The molecule has 5 rings (SSSR count). The van der Waals surface area contributed by atoms with Gasteiger partial charge in [0.15, 0.2) is 11.5 Å². The van der Waals surface area contributed by atoms with Gasteiger partial charge in [-0.3, -0.25) is 14.6 Å². The molecule has 1 aromatic carbocycles. The first-order valence-corrected chi connectivity index (χ1v) is 12.9. The van der Waals surface area contributed by atoms with E-state index in [4.69, 9.17) is 19.2 Å². The van der Waals surface area contributed by atoms with Gasteiger partial charge in [0.25, 0.3) is 5.56 Å². The van der Waals surface area contributed by atoms with Crippen LogP contribution in [0.5, 0.6) is 17.2 Å². The number of aryl methyl sites for hydroxylation is 1. The molecule has 0 saturated carbocycles. The lowest BCUT2D eigenvalue weighted by Crippen LogP contribution is -2.24. The zero-order valence-corrected chi connectivity index (χ0v) is 22.1. The molecule has 0 atom stereocenters. The number of nitrogens with one attached hydrogen (secondary N) is 2. The SMILES string of the molecule is COc1cc(/C=C\C(=O)Nc2cc(-c3cccs3)nn2-c2nc3c(c(=O)[nH]2)CCCC3)cc(OC)c1OC. The molecule has 0 bridgehead atoms. The monoisotopic (exact) mass is 533 g/mol. The second-order valence-electron chi connectivity index (χ2n) is 8.61. The van der Waals surface area contributed by atoms with Crippen LogP contribution in [0, 0.1) is 0 Å². The van der Waals surface area contributed by atoms with Gasteiger partial charge < -0.3 is 19.5 Å². The first kappa shape index (κ1) is 25.3. The molecule has 0 fully saturated rings. The Labute approximate surface area is 222 Å². The summed E-state index contributed by atoms with van der Waals surface area (Å²) in [6, 6.07) is 9.11. The molecule has 1 aliphatic carbocycles. The van der Waals surface area contributed by atoms with Crippen molar-refractivity contribution in [2.24, 2.45) is 0 Å². The number of anilines is 1. The number of rotatable bonds is 8. The number of hydrogen-bond acceptors (Lipinski definition) is 8. The molecule has 3 heterocycles. The largest absolute Gasteiger partial charge is 0.493 e. The fourth-order valence-corrected chi connectivity index (χ4v) is 5.09. The highest BCUT2D eigenvalue weighted by molar-refractivity contribution is 7.13. The van der Waals surface area contributed by atoms with Crippen LogP contribution in [-0.4, -0.2) is 47.0 Å². The third kappa shape index (κ3) is 5.05. The lowest BCUT2D eigenvalue weighted by molar-refractivity contribution is -0.111. The van der Waals surface area contributed by atoms with E-state index in [1.54, 1.807) is 24.3 Å². The number of amides is 1. The van der Waals surface area contributed by atoms with E-state index in [1.165, 1.54) is 43.4 Å². The van der Waals surface area contributed by atoms with Gasteiger partial charge in [-0.2, -0.15) is 9.78 Å².